The van der Waals surface area contributed by atoms with Gasteiger partial charge in [-0.05, 0) is 29.1 Å². The third kappa shape index (κ3) is 2.96. The molecule has 0 aliphatic heterocycles. The molecule has 0 amide bonds. The van der Waals surface area contributed by atoms with Crippen molar-refractivity contribution < 1.29 is 9.18 Å². The van der Waals surface area contributed by atoms with E-state index in [1.165, 1.54) is 23.5 Å². The maximum atomic E-state index is 13.0. The molecule has 0 saturated carbocycles. The van der Waals surface area contributed by atoms with Crippen molar-refractivity contribution in [2.45, 2.75) is 12.5 Å². The highest BCUT2D eigenvalue weighted by atomic mass is 35.5. The summed E-state index contributed by atoms with van der Waals surface area (Å²) in [6.45, 7) is 0. The summed E-state index contributed by atoms with van der Waals surface area (Å²) >= 11 is 7.10. The topological polar surface area (TPSA) is 43.1 Å². The van der Waals surface area contributed by atoms with Crippen molar-refractivity contribution >= 4 is 28.7 Å². The molecule has 0 fully saturated rings. The van der Waals surface area contributed by atoms with Gasteiger partial charge in [0.2, 0.25) is 0 Å². The highest BCUT2D eigenvalue weighted by Gasteiger charge is 2.17. The second-order valence-corrected chi connectivity index (χ2v) is 5.27. The van der Waals surface area contributed by atoms with Gasteiger partial charge in [-0.3, -0.25) is 4.79 Å². The van der Waals surface area contributed by atoms with Crippen molar-refractivity contribution in [1.29, 1.82) is 0 Å². The lowest BCUT2D eigenvalue weighted by molar-refractivity contribution is -0.119. The van der Waals surface area contributed by atoms with E-state index in [1.807, 2.05) is 17.5 Å². The highest BCUT2D eigenvalue weighted by Crippen LogP contribution is 2.21. The van der Waals surface area contributed by atoms with Crippen LogP contribution in [0.5, 0.6) is 0 Å². The molecule has 1 aromatic carbocycles. The van der Waals surface area contributed by atoms with Gasteiger partial charge in [-0.15, -0.1) is 11.3 Å². The van der Waals surface area contributed by atoms with E-state index in [4.69, 9.17) is 17.3 Å². The molecular weight excluding hydrogens is 273 g/mol. The molecule has 94 valence electrons. The molecule has 0 spiro atoms. The van der Waals surface area contributed by atoms with E-state index >= 15 is 0 Å². The second kappa shape index (κ2) is 5.61. The summed E-state index contributed by atoms with van der Waals surface area (Å²) in [6, 6.07) is 7.29. The number of carbonyl (C=O) groups excluding carboxylic acids is 1. The van der Waals surface area contributed by atoms with Crippen LogP contribution in [0, 0.1) is 5.82 Å². The van der Waals surface area contributed by atoms with Gasteiger partial charge in [0.15, 0.2) is 5.78 Å². The van der Waals surface area contributed by atoms with Crippen LogP contribution in [-0.2, 0) is 11.2 Å². The Balaban J connectivity index is 2.09. The maximum absolute atomic E-state index is 13.0. The zero-order valence-electron chi connectivity index (χ0n) is 9.40. The van der Waals surface area contributed by atoms with Gasteiger partial charge in [-0.1, -0.05) is 23.7 Å². The second-order valence-electron chi connectivity index (χ2n) is 3.88. The Morgan fingerprint density at radius 3 is 2.83 bits per heavy atom. The Morgan fingerprint density at radius 1 is 1.44 bits per heavy atom. The number of ketones is 1. The quantitative estimate of drug-likeness (QED) is 0.935. The molecule has 2 rings (SSSR count). The number of hydrogen-bond donors (Lipinski definition) is 1. The summed E-state index contributed by atoms with van der Waals surface area (Å²) in [4.78, 5) is 12.8. The van der Waals surface area contributed by atoms with Crippen molar-refractivity contribution in [1.82, 2.24) is 0 Å². The van der Waals surface area contributed by atoms with E-state index in [0.29, 0.717) is 5.56 Å². The predicted molar refractivity (Wildman–Crippen MR) is 71.4 cm³/mol. The van der Waals surface area contributed by atoms with Crippen molar-refractivity contribution in [3.63, 3.8) is 0 Å². The van der Waals surface area contributed by atoms with Crippen molar-refractivity contribution in [3.05, 3.63) is 57.0 Å². The van der Waals surface area contributed by atoms with Crippen LogP contribution in [0.15, 0.2) is 35.7 Å². The number of benzene rings is 1. The van der Waals surface area contributed by atoms with Gasteiger partial charge < -0.3 is 5.73 Å². The Labute approximate surface area is 113 Å². The van der Waals surface area contributed by atoms with Crippen LogP contribution in [0.3, 0.4) is 0 Å². The molecular formula is C13H11ClFNOS. The molecule has 0 saturated heterocycles. The van der Waals surface area contributed by atoms with Crippen molar-refractivity contribution in [2.24, 2.45) is 5.73 Å². The number of halogens is 2. The average Bonchev–Trinajstić information content (AvgIpc) is 2.86. The number of hydrogen-bond acceptors (Lipinski definition) is 3. The van der Waals surface area contributed by atoms with E-state index in [0.717, 1.165) is 4.88 Å². The lowest BCUT2D eigenvalue weighted by Gasteiger charge is -2.08. The van der Waals surface area contributed by atoms with Gasteiger partial charge in [0.25, 0.3) is 0 Å². The highest BCUT2D eigenvalue weighted by molar-refractivity contribution is 7.10. The molecule has 1 heterocycles. The van der Waals surface area contributed by atoms with Gasteiger partial charge >= 0.3 is 0 Å². The Bertz CT molecular complexity index is 556. The van der Waals surface area contributed by atoms with Crippen LogP contribution in [0.4, 0.5) is 4.39 Å². The normalized spacial score (nSPS) is 12.4. The van der Waals surface area contributed by atoms with Crippen molar-refractivity contribution in [2.75, 3.05) is 0 Å². The van der Waals surface area contributed by atoms with Crippen LogP contribution < -0.4 is 5.73 Å². The fourth-order valence-electron chi connectivity index (χ4n) is 1.59. The summed E-state index contributed by atoms with van der Waals surface area (Å²) < 4.78 is 13.0. The van der Waals surface area contributed by atoms with Crippen molar-refractivity contribution in [3.8, 4) is 0 Å². The molecule has 2 nitrogen and oxygen atoms in total. The SMILES string of the molecule is NC(C(=O)Cc1ccc(F)c(Cl)c1)c1cccs1. The summed E-state index contributed by atoms with van der Waals surface area (Å²) in [7, 11) is 0. The fourth-order valence-corrected chi connectivity index (χ4v) is 2.54. The molecule has 18 heavy (non-hydrogen) atoms. The van der Waals surface area contributed by atoms with Gasteiger partial charge in [0, 0.05) is 11.3 Å². The average molecular weight is 284 g/mol. The van der Waals surface area contributed by atoms with E-state index in [9.17, 15) is 9.18 Å². The first-order chi connectivity index (χ1) is 8.58. The lowest BCUT2D eigenvalue weighted by atomic mass is 10.0. The first-order valence-electron chi connectivity index (χ1n) is 5.33. The third-order valence-corrected chi connectivity index (χ3v) is 3.80. The van der Waals surface area contributed by atoms with E-state index < -0.39 is 11.9 Å². The minimum atomic E-state index is -0.631. The summed E-state index contributed by atoms with van der Waals surface area (Å²) in [5.41, 5.74) is 6.52. The minimum absolute atomic E-state index is 0.0185. The zero-order chi connectivity index (χ0) is 13.1. The summed E-state index contributed by atoms with van der Waals surface area (Å²) in [5.74, 6) is -0.601. The maximum Gasteiger partial charge on any atom is 0.159 e. The minimum Gasteiger partial charge on any atom is -0.317 e. The molecule has 2 N–H and O–H groups in total. The Kier molecular flexibility index (Phi) is 4.11. The lowest BCUT2D eigenvalue weighted by Crippen LogP contribution is -2.22. The fraction of sp³-hybridized carbons (Fsp3) is 0.154. The summed E-state index contributed by atoms with van der Waals surface area (Å²) in [6.07, 6.45) is 0.152. The molecule has 1 aromatic heterocycles. The van der Waals surface area contributed by atoms with E-state index in [1.54, 1.807) is 6.07 Å². The first kappa shape index (κ1) is 13.2. The Hall–Kier alpha value is -1.23. The van der Waals surface area contributed by atoms with Gasteiger partial charge in [-0.2, -0.15) is 0 Å². The van der Waals surface area contributed by atoms with Crippen LogP contribution in [0.25, 0.3) is 0 Å². The molecule has 1 unspecified atom stereocenters. The van der Waals surface area contributed by atoms with Gasteiger partial charge in [0.1, 0.15) is 5.82 Å². The molecule has 0 aliphatic rings. The van der Waals surface area contributed by atoms with Gasteiger partial charge in [-0.25, -0.2) is 4.39 Å². The van der Waals surface area contributed by atoms with Gasteiger partial charge in [0.05, 0.1) is 11.1 Å². The molecule has 5 heteroatoms. The monoisotopic (exact) mass is 283 g/mol. The van der Waals surface area contributed by atoms with Crippen LogP contribution >= 0.6 is 22.9 Å². The standard InChI is InChI=1S/C13H11ClFNOS/c14-9-6-8(3-4-10(9)15)7-11(17)13(16)12-2-1-5-18-12/h1-6,13H,7,16H2. The van der Waals surface area contributed by atoms with Crippen LogP contribution in [0.2, 0.25) is 5.02 Å². The first-order valence-corrected chi connectivity index (χ1v) is 6.59. The number of Topliss-reactive ketones (excluding diaryl/α,β-unsaturated/α-hetero) is 1. The summed E-state index contributed by atoms with van der Waals surface area (Å²) in [5, 5.41) is 1.89. The van der Waals surface area contributed by atoms with E-state index in [-0.39, 0.29) is 17.2 Å². The molecule has 2 aromatic rings. The van der Waals surface area contributed by atoms with Crippen LogP contribution in [0.1, 0.15) is 16.5 Å². The number of thiophene rings is 1. The molecule has 0 aliphatic carbocycles. The largest absolute Gasteiger partial charge is 0.317 e. The van der Waals surface area contributed by atoms with Crippen LogP contribution in [-0.4, -0.2) is 5.78 Å². The molecule has 0 radical (unpaired) electrons. The predicted octanol–water partition coefficient (Wildman–Crippen LogP) is 3.35. The number of carbonyl (C=O) groups is 1. The smallest absolute Gasteiger partial charge is 0.159 e. The third-order valence-electron chi connectivity index (χ3n) is 2.56. The molecule has 0 bridgehead atoms. The number of rotatable bonds is 4. The zero-order valence-corrected chi connectivity index (χ0v) is 11.0. The Morgan fingerprint density at radius 2 is 2.22 bits per heavy atom. The molecule has 1 atom stereocenters. The number of nitrogens with two attached hydrogens (primary N) is 1. The van der Waals surface area contributed by atoms with E-state index in [2.05, 4.69) is 0 Å².